The summed E-state index contributed by atoms with van der Waals surface area (Å²) in [6, 6.07) is 18.5. The zero-order chi connectivity index (χ0) is 17.8. The highest BCUT2D eigenvalue weighted by molar-refractivity contribution is 5.99. The third-order valence-corrected chi connectivity index (χ3v) is 4.30. The molecule has 0 fully saturated rings. The maximum absolute atomic E-state index is 13.6. The number of ketones is 1. The highest BCUT2D eigenvalue weighted by atomic mass is 19.1. The van der Waals surface area contributed by atoms with Gasteiger partial charge in [0, 0.05) is 34.7 Å². The molecular formula is C21H21FN2O. The number of aryl methyl sites for hydroxylation is 1. The average Bonchev–Trinajstić information content (AvgIpc) is 2.92. The monoisotopic (exact) mass is 336 g/mol. The van der Waals surface area contributed by atoms with Crippen molar-refractivity contribution in [2.45, 2.75) is 20.4 Å². The first-order chi connectivity index (χ1) is 12.1. The summed E-state index contributed by atoms with van der Waals surface area (Å²) in [4.78, 5) is 12.6. The van der Waals surface area contributed by atoms with Gasteiger partial charge in [-0.1, -0.05) is 36.4 Å². The Labute approximate surface area is 147 Å². The van der Waals surface area contributed by atoms with Gasteiger partial charge in [0.25, 0.3) is 0 Å². The fraction of sp³-hybridized carbons (Fsp3) is 0.190. The van der Waals surface area contributed by atoms with Crippen LogP contribution in [-0.2, 0) is 6.54 Å². The van der Waals surface area contributed by atoms with Crippen molar-refractivity contribution in [2.75, 3.05) is 6.54 Å². The first-order valence-electron chi connectivity index (χ1n) is 8.29. The van der Waals surface area contributed by atoms with Gasteiger partial charge in [-0.2, -0.15) is 0 Å². The number of carbonyl (C=O) groups is 1. The largest absolute Gasteiger partial charge is 0.318 e. The molecule has 0 amide bonds. The van der Waals surface area contributed by atoms with Gasteiger partial charge in [0.15, 0.2) is 5.78 Å². The fourth-order valence-electron chi connectivity index (χ4n) is 3.07. The number of nitrogens with one attached hydrogen (secondary N) is 1. The van der Waals surface area contributed by atoms with Gasteiger partial charge in [-0.25, -0.2) is 4.39 Å². The second-order valence-electron chi connectivity index (χ2n) is 6.07. The maximum atomic E-state index is 13.6. The van der Waals surface area contributed by atoms with Gasteiger partial charge in [-0.05, 0) is 38.1 Å². The van der Waals surface area contributed by atoms with Gasteiger partial charge in [0.1, 0.15) is 5.82 Å². The molecule has 0 spiro atoms. The van der Waals surface area contributed by atoms with Crippen LogP contribution in [-0.4, -0.2) is 16.9 Å². The summed E-state index contributed by atoms with van der Waals surface area (Å²) in [5, 5.41) is 3.04. The van der Waals surface area contributed by atoms with E-state index in [1.165, 1.54) is 6.07 Å². The highest BCUT2D eigenvalue weighted by Gasteiger charge is 2.16. The fourth-order valence-corrected chi connectivity index (χ4v) is 3.07. The average molecular weight is 336 g/mol. The van der Waals surface area contributed by atoms with E-state index in [0.717, 1.165) is 17.1 Å². The Balaban J connectivity index is 1.72. The predicted molar refractivity (Wildman–Crippen MR) is 97.7 cm³/mol. The van der Waals surface area contributed by atoms with E-state index < -0.39 is 0 Å². The van der Waals surface area contributed by atoms with Gasteiger partial charge >= 0.3 is 0 Å². The molecule has 1 N–H and O–H groups in total. The highest BCUT2D eigenvalue weighted by Crippen LogP contribution is 2.21. The van der Waals surface area contributed by atoms with E-state index in [4.69, 9.17) is 0 Å². The summed E-state index contributed by atoms with van der Waals surface area (Å²) in [7, 11) is 0. The summed E-state index contributed by atoms with van der Waals surface area (Å²) < 4.78 is 15.7. The zero-order valence-corrected chi connectivity index (χ0v) is 14.4. The molecule has 0 aliphatic rings. The molecule has 2 aromatic carbocycles. The minimum atomic E-state index is -0.260. The maximum Gasteiger partial charge on any atom is 0.178 e. The van der Waals surface area contributed by atoms with Crippen molar-refractivity contribution in [1.82, 2.24) is 9.88 Å². The number of rotatable bonds is 6. The van der Waals surface area contributed by atoms with Crippen LogP contribution in [0.5, 0.6) is 0 Å². The lowest BCUT2D eigenvalue weighted by atomic mass is 10.1. The molecule has 3 rings (SSSR count). The lowest BCUT2D eigenvalue weighted by molar-refractivity contribution is 0.0990. The number of Topliss-reactive ketones (excluding diaryl/α,β-unsaturated/α-hetero) is 1. The third kappa shape index (κ3) is 3.69. The smallest absolute Gasteiger partial charge is 0.178 e. The van der Waals surface area contributed by atoms with Crippen LogP contribution in [0.2, 0.25) is 0 Å². The Bertz CT molecular complexity index is 884. The van der Waals surface area contributed by atoms with E-state index in [1.54, 1.807) is 18.2 Å². The van der Waals surface area contributed by atoms with Gasteiger partial charge in [-0.3, -0.25) is 4.79 Å². The van der Waals surface area contributed by atoms with Crippen LogP contribution in [0.1, 0.15) is 27.3 Å². The van der Waals surface area contributed by atoms with Crippen molar-refractivity contribution in [3.8, 4) is 5.69 Å². The molecule has 0 aliphatic carbocycles. The Morgan fingerprint density at radius 3 is 2.44 bits per heavy atom. The molecule has 0 unspecified atom stereocenters. The minimum absolute atomic E-state index is 0.00613. The summed E-state index contributed by atoms with van der Waals surface area (Å²) in [6.45, 7) is 4.44. The topological polar surface area (TPSA) is 34.0 Å². The molecule has 1 aromatic heterocycles. The lowest BCUT2D eigenvalue weighted by Gasteiger charge is -2.10. The molecule has 0 aliphatic heterocycles. The van der Waals surface area contributed by atoms with E-state index >= 15 is 0 Å². The molecule has 128 valence electrons. The standard InChI is InChI=1S/C21H21FN2O/c1-15-12-19(16(2)24(15)18-9-4-3-5-10-18)21(25)14-23-13-17-8-6-7-11-20(17)22/h3-12,23H,13-14H2,1-2H3. The van der Waals surface area contributed by atoms with Crippen molar-refractivity contribution in [3.63, 3.8) is 0 Å². The molecule has 0 saturated heterocycles. The predicted octanol–water partition coefficient (Wildman–Crippen LogP) is 4.21. The SMILES string of the molecule is Cc1cc(C(=O)CNCc2ccccc2F)c(C)n1-c1ccccc1. The van der Waals surface area contributed by atoms with Crippen LogP contribution in [0, 0.1) is 19.7 Å². The number of carbonyl (C=O) groups excluding carboxylic acids is 1. The van der Waals surface area contributed by atoms with E-state index in [9.17, 15) is 9.18 Å². The zero-order valence-electron chi connectivity index (χ0n) is 14.4. The third-order valence-electron chi connectivity index (χ3n) is 4.30. The van der Waals surface area contributed by atoms with Crippen molar-refractivity contribution < 1.29 is 9.18 Å². The number of benzene rings is 2. The van der Waals surface area contributed by atoms with E-state index in [-0.39, 0.29) is 18.1 Å². The van der Waals surface area contributed by atoms with Gasteiger partial charge in [0.2, 0.25) is 0 Å². The number of hydrogen-bond acceptors (Lipinski definition) is 2. The molecular weight excluding hydrogens is 315 g/mol. The van der Waals surface area contributed by atoms with Crippen molar-refractivity contribution in [2.24, 2.45) is 0 Å². The van der Waals surface area contributed by atoms with Crippen molar-refractivity contribution in [3.05, 3.63) is 89.0 Å². The van der Waals surface area contributed by atoms with E-state index in [1.807, 2.05) is 50.2 Å². The molecule has 0 saturated carbocycles. The molecule has 25 heavy (non-hydrogen) atoms. The number of aromatic nitrogens is 1. The Morgan fingerprint density at radius 2 is 1.72 bits per heavy atom. The van der Waals surface area contributed by atoms with Gasteiger partial charge in [-0.15, -0.1) is 0 Å². The van der Waals surface area contributed by atoms with Crippen LogP contribution in [0.4, 0.5) is 4.39 Å². The first kappa shape index (κ1) is 17.1. The molecule has 3 aromatic rings. The number of nitrogens with zero attached hydrogens (tertiary/aromatic N) is 1. The lowest BCUT2D eigenvalue weighted by Crippen LogP contribution is -2.23. The van der Waals surface area contributed by atoms with Gasteiger partial charge in [0.05, 0.1) is 6.54 Å². The Hall–Kier alpha value is -2.72. The van der Waals surface area contributed by atoms with E-state index in [2.05, 4.69) is 9.88 Å². The van der Waals surface area contributed by atoms with Crippen LogP contribution >= 0.6 is 0 Å². The summed E-state index contributed by atoms with van der Waals surface area (Å²) in [5.74, 6) is -0.253. The first-order valence-corrected chi connectivity index (χ1v) is 8.29. The normalized spacial score (nSPS) is 10.8. The molecule has 0 bridgehead atoms. The second-order valence-corrected chi connectivity index (χ2v) is 6.07. The summed E-state index contributed by atoms with van der Waals surface area (Å²) in [5.41, 5.74) is 4.23. The quantitative estimate of drug-likeness (QED) is 0.684. The number of halogens is 1. The minimum Gasteiger partial charge on any atom is -0.318 e. The van der Waals surface area contributed by atoms with Crippen LogP contribution in [0.25, 0.3) is 5.69 Å². The van der Waals surface area contributed by atoms with E-state index in [0.29, 0.717) is 17.7 Å². The number of para-hydroxylation sites is 1. The summed E-state index contributed by atoms with van der Waals surface area (Å²) in [6.07, 6.45) is 0. The van der Waals surface area contributed by atoms with Crippen molar-refractivity contribution >= 4 is 5.78 Å². The van der Waals surface area contributed by atoms with Crippen LogP contribution in [0.3, 0.4) is 0 Å². The Morgan fingerprint density at radius 1 is 1.04 bits per heavy atom. The summed E-state index contributed by atoms with van der Waals surface area (Å²) >= 11 is 0. The Kier molecular flexibility index (Phi) is 5.10. The molecule has 3 nitrogen and oxygen atoms in total. The van der Waals surface area contributed by atoms with Crippen molar-refractivity contribution in [1.29, 1.82) is 0 Å². The van der Waals surface area contributed by atoms with Crippen LogP contribution in [0.15, 0.2) is 60.7 Å². The van der Waals surface area contributed by atoms with Gasteiger partial charge < -0.3 is 9.88 Å². The second kappa shape index (κ2) is 7.45. The molecule has 0 atom stereocenters. The molecule has 1 heterocycles. The molecule has 0 radical (unpaired) electrons. The molecule has 4 heteroatoms. The van der Waals surface area contributed by atoms with Crippen LogP contribution < -0.4 is 5.32 Å². The number of hydrogen-bond donors (Lipinski definition) is 1.